The molecule has 6 heteroatoms. The van der Waals surface area contributed by atoms with E-state index in [1.165, 1.54) is 6.08 Å². The Kier molecular flexibility index (Phi) is 6.91. The molecule has 1 amide bonds. The second-order valence-electron chi connectivity index (χ2n) is 7.11. The first-order valence-electron chi connectivity index (χ1n) is 9.76. The molecule has 1 N–H and O–H groups in total. The van der Waals surface area contributed by atoms with Gasteiger partial charge in [0, 0.05) is 36.5 Å². The summed E-state index contributed by atoms with van der Waals surface area (Å²) >= 11 is 0. The third kappa shape index (κ3) is 5.50. The number of methoxy groups -OCH3 is 1. The maximum Gasteiger partial charge on any atom is 0.244 e. The molecule has 0 spiro atoms. The monoisotopic (exact) mass is 405 g/mol. The van der Waals surface area contributed by atoms with E-state index >= 15 is 0 Å². The minimum Gasteiger partial charge on any atom is -0.496 e. The van der Waals surface area contributed by atoms with Crippen LogP contribution in [-0.4, -0.2) is 22.8 Å². The number of nitrogens with zero attached hydrogens (tertiary/aromatic N) is 2. The number of hydrogen-bond acceptors (Lipinski definition) is 4. The third-order valence-corrected chi connectivity index (χ3v) is 4.91. The molecule has 0 saturated carbocycles. The number of nitrogens with one attached hydrogen (secondary N) is 1. The number of carbonyl (C=O) groups is 1. The second-order valence-corrected chi connectivity index (χ2v) is 7.11. The summed E-state index contributed by atoms with van der Waals surface area (Å²) in [4.78, 5) is 12.2. The van der Waals surface area contributed by atoms with Crippen LogP contribution in [0.15, 0.2) is 54.7 Å². The second kappa shape index (κ2) is 9.78. The fourth-order valence-electron chi connectivity index (χ4n) is 3.01. The van der Waals surface area contributed by atoms with Crippen molar-refractivity contribution in [2.45, 2.75) is 27.0 Å². The Morgan fingerprint density at radius 1 is 1.17 bits per heavy atom. The zero-order valence-corrected chi connectivity index (χ0v) is 17.8. The number of ether oxygens (including phenoxy) is 2. The topological polar surface area (TPSA) is 65.4 Å². The average molecular weight is 405 g/mol. The molecule has 3 aromatic rings. The van der Waals surface area contributed by atoms with Gasteiger partial charge in [-0.05, 0) is 55.3 Å². The van der Waals surface area contributed by atoms with Crippen LogP contribution < -0.4 is 14.8 Å². The quantitative estimate of drug-likeness (QED) is 0.576. The highest BCUT2D eigenvalue weighted by atomic mass is 16.5. The van der Waals surface area contributed by atoms with Gasteiger partial charge in [-0.25, -0.2) is 0 Å². The van der Waals surface area contributed by atoms with Crippen molar-refractivity contribution in [2.75, 3.05) is 7.11 Å². The molecule has 3 rings (SSSR count). The molecule has 0 radical (unpaired) electrons. The summed E-state index contributed by atoms with van der Waals surface area (Å²) in [5.74, 6) is 1.39. The van der Waals surface area contributed by atoms with Crippen LogP contribution >= 0.6 is 0 Å². The fourth-order valence-corrected chi connectivity index (χ4v) is 3.01. The van der Waals surface area contributed by atoms with Gasteiger partial charge in [-0.15, -0.1) is 0 Å². The van der Waals surface area contributed by atoms with Gasteiger partial charge in [0.05, 0.1) is 13.3 Å². The zero-order valence-electron chi connectivity index (χ0n) is 17.8. The fraction of sp³-hybridized carbons (Fsp3) is 0.250. The maximum absolute atomic E-state index is 12.2. The number of aromatic nitrogens is 2. The maximum atomic E-state index is 12.2. The number of rotatable bonds is 8. The van der Waals surface area contributed by atoms with Gasteiger partial charge in [0.2, 0.25) is 5.91 Å². The molecule has 6 nitrogen and oxygen atoms in total. The zero-order chi connectivity index (χ0) is 21.5. The summed E-state index contributed by atoms with van der Waals surface area (Å²) in [5.41, 5.74) is 4.98. The Hall–Kier alpha value is -3.54. The summed E-state index contributed by atoms with van der Waals surface area (Å²) in [6, 6.07) is 13.7. The first-order valence-corrected chi connectivity index (χ1v) is 9.76. The molecule has 0 unspecified atom stereocenters. The van der Waals surface area contributed by atoms with E-state index in [-0.39, 0.29) is 5.91 Å². The molecule has 0 bridgehead atoms. The largest absolute Gasteiger partial charge is 0.496 e. The minimum absolute atomic E-state index is 0.161. The number of benzene rings is 2. The summed E-state index contributed by atoms with van der Waals surface area (Å²) < 4.78 is 13.1. The normalized spacial score (nSPS) is 10.9. The molecular formula is C24H27N3O3. The van der Waals surface area contributed by atoms with Crippen LogP contribution in [0, 0.1) is 13.8 Å². The summed E-state index contributed by atoms with van der Waals surface area (Å²) in [6.45, 7) is 4.82. The van der Waals surface area contributed by atoms with Crippen molar-refractivity contribution in [3.63, 3.8) is 0 Å². The molecule has 0 aliphatic heterocycles. The van der Waals surface area contributed by atoms with Crippen molar-refractivity contribution in [3.8, 4) is 11.5 Å². The first-order chi connectivity index (χ1) is 14.5. The predicted molar refractivity (Wildman–Crippen MR) is 117 cm³/mol. The van der Waals surface area contributed by atoms with E-state index in [2.05, 4.69) is 10.4 Å². The van der Waals surface area contributed by atoms with Crippen LogP contribution in [-0.2, 0) is 25.0 Å². The predicted octanol–water partition coefficient (Wildman–Crippen LogP) is 3.95. The summed E-state index contributed by atoms with van der Waals surface area (Å²) in [7, 11) is 3.51. The molecule has 2 aromatic carbocycles. The minimum atomic E-state index is -0.161. The van der Waals surface area contributed by atoms with E-state index in [0.29, 0.717) is 13.2 Å². The van der Waals surface area contributed by atoms with Crippen molar-refractivity contribution >= 4 is 12.0 Å². The van der Waals surface area contributed by atoms with E-state index < -0.39 is 0 Å². The van der Waals surface area contributed by atoms with Crippen molar-refractivity contribution < 1.29 is 14.3 Å². The number of hydrogen-bond donors (Lipinski definition) is 1. The standard InChI is InChI=1S/C24H27N3O3/c1-17-6-5-7-22(12-17)30-16-20-13-19(8-10-23(20)29-4)9-11-24(28)25-14-21-15-26-27(3)18(21)2/h5-13,15H,14,16H2,1-4H3,(H,25,28)/b11-9+. The van der Waals surface area contributed by atoms with Crippen LogP contribution in [0.3, 0.4) is 0 Å². The van der Waals surface area contributed by atoms with Gasteiger partial charge in [0.25, 0.3) is 0 Å². The van der Waals surface area contributed by atoms with E-state index in [0.717, 1.165) is 39.4 Å². The third-order valence-electron chi connectivity index (χ3n) is 4.91. The van der Waals surface area contributed by atoms with Crippen molar-refractivity contribution in [3.05, 3.63) is 82.7 Å². The number of carbonyl (C=O) groups excluding carboxylic acids is 1. The van der Waals surface area contributed by atoms with Crippen LogP contribution in [0.25, 0.3) is 6.08 Å². The highest BCUT2D eigenvalue weighted by Gasteiger charge is 2.07. The van der Waals surface area contributed by atoms with E-state index in [9.17, 15) is 4.79 Å². The van der Waals surface area contributed by atoms with Gasteiger partial charge >= 0.3 is 0 Å². The van der Waals surface area contributed by atoms with Gasteiger partial charge in [-0.2, -0.15) is 5.10 Å². The first kappa shape index (κ1) is 21.2. The van der Waals surface area contributed by atoms with Gasteiger partial charge in [0.15, 0.2) is 0 Å². The Bertz CT molecular complexity index is 1050. The molecule has 0 aliphatic carbocycles. The Balaban J connectivity index is 1.63. The highest BCUT2D eigenvalue weighted by molar-refractivity contribution is 5.91. The lowest BCUT2D eigenvalue weighted by Gasteiger charge is -2.11. The molecule has 1 aromatic heterocycles. The van der Waals surface area contributed by atoms with Gasteiger partial charge < -0.3 is 14.8 Å². The molecule has 0 fully saturated rings. The van der Waals surface area contributed by atoms with Crippen molar-refractivity contribution in [1.82, 2.24) is 15.1 Å². The average Bonchev–Trinajstić information content (AvgIpc) is 3.07. The Morgan fingerprint density at radius 2 is 2.00 bits per heavy atom. The summed E-state index contributed by atoms with van der Waals surface area (Å²) in [6.07, 6.45) is 5.07. The number of amides is 1. The number of aryl methyl sites for hydroxylation is 2. The molecule has 0 saturated heterocycles. The van der Waals surface area contributed by atoms with Gasteiger partial charge in [0.1, 0.15) is 18.1 Å². The van der Waals surface area contributed by atoms with Crippen molar-refractivity contribution in [1.29, 1.82) is 0 Å². The molecule has 156 valence electrons. The van der Waals surface area contributed by atoms with Crippen LogP contribution in [0.4, 0.5) is 0 Å². The Morgan fingerprint density at radius 3 is 2.70 bits per heavy atom. The molecule has 30 heavy (non-hydrogen) atoms. The van der Waals surface area contributed by atoms with E-state index in [4.69, 9.17) is 9.47 Å². The molecule has 0 atom stereocenters. The lowest BCUT2D eigenvalue weighted by Crippen LogP contribution is -2.20. The van der Waals surface area contributed by atoms with E-state index in [1.807, 2.05) is 63.4 Å². The van der Waals surface area contributed by atoms with Gasteiger partial charge in [-0.3, -0.25) is 9.48 Å². The SMILES string of the molecule is COc1ccc(/C=C/C(=O)NCc2cnn(C)c2C)cc1COc1cccc(C)c1. The van der Waals surface area contributed by atoms with Crippen LogP contribution in [0.2, 0.25) is 0 Å². The molecular weight excluding hydrogens is 378 g/mol. The Labute approximate surface area is 177 Å². The lowest BCUT2D eigenvalue weighted by molar-refractivity contribution is -0.116. The van der Waals surface area contributed by atoms with Crippen LogP contribution in [0.1, 0.15) is 27.9 Å². The molecule has 1 heterocycles. The lowest BCUT2D eigenvalue weighted by atomic mass is 10.1. The van der Waals surface area contributed by atoms with Crippen LogP contribution in [0.5, 0.6) is 11.5 Å². The van der Waals surface area contributed by atoms with Crippen molar-refractivity contribution in [2.24, 2.45) is 7.05 Å². The van der Waals surface area contributed by atoms with E-state index in [1.54, 1.807) is 24.1 Å². The highest BCUT2D eigenvalue weighted by Crippen LogP contribution is 2.23. The molecule has 0 aliphatic rings. The summed E-state index contributed by atoms with van der Waals surface area (Å²) in [5, 5.41) is 7.07. The van der Waals surface area contributed by atoms with Gasteiger partial charge in [-0.1, -0.05) is 18.2 Å². The smallest absolute Gasteiger partial charge is 0.244 e.